The van der Waals surface area contributed by atoms with E-state index >= 15 is 0 Å². The van der Waals surface area contributed by atoms with Gasteiger partial charge in [-0.05, 0) is 26.2 Å². The quantitative estimate of drug-likeness (QED) is 0.330. The molecule has 1 N–H and O–H groups in total. The summed E-state index contributed by atoms with van der Waals surface area (Å²) in [6.07, 6.45) is 7.78. The average molecular weight is 538 g/mol. The number of nitrogens with one attached hydrogen (secondary N) is 1. The summed E-state index contributed by atoms with van der Waals surface area (Å²) in [7, 11) is -1.86. The van der Waals surface area contributed by atoms with Gasteiger partial charge in [0.1, 0.15) is 28.1 Å². The first-order valence-electron chi connectivity index (χ1n) is 12.1. The molecule has 198 valence electrons. The maximum atomic E-state index is 13.5. The van der Waals surface area contributed by atoms with Gasteiger partial charge in [0.15, 0.2) is 27.1 Å². The SMILES string of the molecule is CCCn1c(=O)c(NCc2ncc(S(C)(=O)=O)cn2)nc2c(C)nc(-c3c(OC)ncnc3C3CC3)nc21. The fourth-order valence-electron chi connectivity index (χ4n) is 4.11. The van der Waals surface area contributed by atoms with Crippen LogP contribution in [-0.4, -0.2) is 61.2 Å². The first-order chi connectivity index (χ1) is 18.2. The lowest BCUT2D eigenvalue weighted by atomic mass is 10.1. The fraction of sp³-hybridized carbons (Fsp3) is 0.417. The standard InChI is InChI=1S/C24H27N9O4S/c1-5-8-33-22-18(31-21(24(33)34)27-11-16-25-9-15(10-26-16)38(4,35)36)13(2)30-20(32-22)17-19(14-6-7-14)28-12-29-23(17)37-3/h9-10,12,14H,5-8,11H2,1-4H3,(H,27,31). The van der Waals surface area contributed by atoms with Gasteiger partial charge in [-0.1, -0.05) is 6.92 Å². The normalized spacial score (nSPS) is 13.6. The van der Waals surface area contributed by atoms with E-state index in [1.165, 1.54) is 18.7 Å². The number of sulfone groups is 1. The predicted molar refractivity (Wildman–Crippen MR) is 139 cm³/mol. The van der Waals surface area contributed by atoms with Crippen LogP contribution in [0.3, 0.4) is 0 Å². The van der Waals surface area contributed by atoms with Gasteiger partial charge in [0.25, 0.3) is 5.56 Å². The highest BCUT2D eigenvalue weighted by Gasteiger charge is 2.32. The fourth-order valence-corrected chi connectivity index (χ4v) is 4.60. The Balaban J connectivity index is 1.57. The van der Waals surface area contributed by atoms with Gasteiger partial charge in [0.05, 0.1) is 25.0 Å². The zero-order valence-corrected chi connectivity index (χ0v) is 22.3. The smallest absolute Gasteiger partial charge is 0.294 e. The summed E-state index contributed by atoms with van der Waals surface area (Å²) in [6, 6.07) is 0. The number of rotatable bonds is 9. The van der Waals surface area contributed by atoms with Crippen LogP contribution >= 0.6 is 0 Å². The highest BCUT2D eigenvalue weighted by atomic mass is 32.2. The van der Waals surface area contributed by atoms with Gasteiger partial charge >= 0.3 is 0 Å². The molecule has 0 aromatic carbocycles. The predicted octanol–water partition coefficient (Wildman–Crippen LogP) is 2.05. The number of aromatic nitrogens is 8. The van der Waals surface area contributed by atoms with E-state index in [2.05, 4.69) is 30.2 Å². The molecule has 13 nitrogen and oxygen atoms in total. The van der Waals surface area contributed by atoms with Crippen LogP contribution in [0.4, 0.5) is 5.82 Å². The number of ether oxygens (including phenoxy) is 1. The number of fused-ring (bicyclic) bond motifs is 1. The number of nitrogens with zero attached hydrogens (tertiary/aromatic N) is 8. The Morgan fingerprint density at radius 1 is 1.11 bits per heavy atom. The Morgan fingerprint density at radius 3 is 2.47 bits per heavy atom. The van der Waals surface area contributed by atoms with Gasteiger partial charge < -0.3 is 10.1 Å². The third-order valence-corrected chi connectivity index (χ3v) is 7.23. The van der Waals surface area contributed by atoms with Gasteiger partial charge in [-0.2, -0.15) is 0 Å². The molecule has 5 rings (SSSR count). The second-order valence-corrected chi connectivity index (χ2v) is 11.1. The van der Waals surface area contributed by atoms with Gasteiger partial charge in [-0.15, -0.1) is 0 Å². The average Bonchev–Trinajstić information content (AvgIpc) is 3.74. The Morgan fingerprint density at radius 2 is 1.84 bits per heavy atom. The number of hydrogen-bond donors (Lipinski definition) is 1. The molecule has 1 fully saturated rings. The van der Waals surface area contributed by atoms with Crippen molar-refractivity contribution in [3.63, 3.8) is 0 Å². The molecule has 0 bridgehead atoms. The minimum absolute atomic E-state index is 0.0178. The van der Waals surface area contributed by atoms with E-state index in [1.54, 1.807) is 11.7 Å². The maximum absolute atomic E-state index is 13.5. The van der Waals surface area contributed by atoms with Gasteiger partial charge in [0.2, 0.25) is 5.88 Å². The monoisotopic (exact) mass is 537 g/mol. The van der Waals surface area contributed by atoms with E-state index in [4.69, 9.17) is 14.7 Å². The summed E-state index contributed by atoms with van der Waals surface area (Å²) in [6.45, 7) is 4.27. The van der Waals surface area contributed by atoms with Crippen molar-refractivity contribution in [3.8, 4) is 17.3 Å². The van der Waals surface area contributed by atoms with Crippen molar-refractivity contribution in [1.29, 1.82) is 0 Å². The molecule has 0 radical (unpaired) electrons. The Bertz CT molecular complexity index is 1680. The lowest BCUT2D eigenvalue weighted by Crippen LogP contribution is -2.27. The van der Waals surface area contributed by atoms with Crippen molar-refractivity contribution in [2.24, 2.45) is 0 Å². The first-order valence-corrected chi connectivity index (χ1v) is 14.0. The second kappa shape index (κ2) is 10.0. The van der Waals surface area contributed by atoms with Gasteiger partial charge in [-0.25, -0.2) is 43.3 Å². The van der Waals surface area contributed by atoms with Crippen LogP contribution < -0.4 is 15.6 Å². The third-order valence-electron chi connectivity index (χ3n) is 6.16. The van der Waals surface area contributed by atoms with E-state index in [0.29, 0.717) is 58.8 Å². The van der Waals surface area contributed by atoms with Crippen LogP contribution in [0.25, 0.3) is 22.6 Å². The summed E-state index contributed by atoms with van der Waals surface area (Å²) in [4.78, 5) is 44.4. The molecule has 4 heterocycles. The van der Waals surface area contributed by atoms with Crippen LogP contribution in [0.15, 0.2) is 28.4 Å². The molecular weight excluding hydrogens is 510 g/mol. The minimum Gasteiger partial charge on any atom is -0.480 e. The van der Waals surface area contributed by atoms with Crippen molar-refractivity contribution in [2.45, 2.75) is 57.0 Å². The molecule has 1 saturated carbocycles. The topological polar surface area (TPSA) is 168 Å². The Labute approximate surface area is 218 Å². The molecule has 0 unspecified atom stereocenters. The molecule has 1 aliphatic rings. The molecule has 0 saturated heterocycles. The number of aryl methyl sites for hydroxylation is 2. The van der Waals surface area contributed by atoms with E-state index in [9.17, 15) is 13.2 Å². The van der Waals surface area contributed by atoms with Crippen molar-refractivity contribution >= 4 is 26.8 Å². The van der Waals surface area contributed by atoms with Crippen LogP contribution in [0, 0.1) is 6.92 Å². The molecule has 0 spiro atoms. The molecule has 0 aliphatic heterocycles. The summed E-state index contributed by atoms with van der Waals surface area (Å²) in [5, 5.41) is 2.99. The molecule has 38 heavy (non-hydrogen) atoms. The van der Waals surface area contributed by atoms with Gasteiger partial charge in [0, 0.05) is 31.1 Å². The van der Waals surface area contributed by atoms with Crippen molar-refractivity contribution in [1.82, 2.24) is 39.5 Å². The summed E-state index contributed by atoms with van der Waals surface area (Å²) in [5.74, 6) is 1.49. The van der Waals surface area contributed by atoms with Crippen LogP contribution in [0.1, 0.15) is 49.3 Å². The maximum Gasteiger partial charge on any atom is 0.294 e. The zero-order valence-electron chi connectivity index (χ0n) is 21.5. The van der Waals surface area contributed by atoms with Crippen molar-refractivity contribution in [2.75, 3.05) is 18.7 Å². The first kappa shape index (κ1) is 25.6. The Kier molecular flexibility index (Phi) is 6.73. The molecular formula is C24H27N9O4S. The molecule has 1 aliphatic carbocycles. The highest BCUT2D eigenvalue weighted by Crippen LogP contribution is 2.45. The molecule has 4 aromatic heterocycles. The minimum atomic E-state index is -3.41. The Hall–Kier alpha value is -4.07. The lowest BCUT2D eigenvalue weighted by molar-refractivity contribution is 0.397. The van der Waals surface area contributed by atoms with E-state index in [-0.39, 0.29) is 22.8 Å². The summed E-state index contributed by atoms with van der Waals surface area (Å²) < 4.78 is 30.4. The largest absolute Gasteiger partial charge is 0.480 e. The van der Waals surface area contributed by atoms with Crippen LogP contribution in [-0.2, 0) is 22.9 Å². The molecule has 0 amide bonds. The molecule has 4 aromatic rings. The van der Waals surface area contributed by atoms with E-state index in [0.717, 1.165) is 24.8 Å². The van der Waals surface area contributed by atoms with Crippen molar-refractivity contribution in [3.05, 3.63) is 46.3 Å². The van der Waals surface area contributed by atoms with E-state index in [1.807, 2.05) is 13.8 Å². The zero-order chi connectivity index (χ0) is 27.0. The van der Waals surface area contributed by atoms with Crippen molar-refractivity contribution < 1.29 is 13.2 Å². The highest BCUT2D eigenvalue weighted by molar-refractivity contribution is 7.90. The van der Waals surface area contributed by atoms with Gasteiger partial charge in [-0.3, -0.25) is 9.36 Å². The number of anilines is 1. The van der Waals surface area contributed by atoms with Crippen LogP contribution in [0.2, 0.25) is 0 Å². The summed E-state index contributed by atoms with van der Waals surface area (Å²) >= 11 is 0. The summed E-state index contributed by atoms with van der Waals surface area (Å²) in [5.41, 5.74) is 2.59. The molecule has 14 heteroatoms. The number of methoxy groups -OCH3 is 1. The van der Waals surface area contributed by atoms with E-state index < -0.39 is 9.84 Å². The van der Waals surface area contributed by atoms with Crippen LogP contribution in [0.5, 0.6) is 5.88 Å². The number of hydrogen-bond acceptors (Lipinski definition) is 12. The second-order valence-electron chi connectivity index (χ2n) is 9.10. The molecule has 0 atom stereocenters. The lowest BCUT2D eigenvalue weighted by Gasteiger charge is -2.15. The third kappa shape index (κ3) is 4.90.